The summed E-state index contributed by atoms with van der Waals surface area (Å²) in [6.07, 6.45) is 0.0643. The predicted octanol–water partition coefficient (Wildman–Crippen LogP) is 5.27. The molecule has 1 heterocycles. The molecule has 7 heteroatoms. The highest BCUT2D eigenvalue weighted by molar-refractivity contribution is 7.13. The number of halogens is 2. The van der Waals surface area contributed by atoms with Crippen molar-refractivity contribution >= 4 is 40.5 Å². The van der Waals surface area contributed by atoms with Gasteiger partial charge in [-0.1, -0.05) is 41.4 Å². The van der Waals surface area contributed by atoms with Crippen molar-refractivity contribution in [1.82, 2.24) is 4.98 Å². The summed E-state index contributed by atoms with van der Waals surface area (Å²) < 4.78 is 5.26. The number of benzene rings is 2. The molecule has 4 nitrogen and oxygen atoms in total. The minimum absolute atomic E-state index is 0.0643. The average molecular weight is 403 g/mol. The number of thiazole rings is 1. The molecule has 0 aliphatic carbocycles. The molecule has 2 aromatic carbocycles. The zero-order chi connectivity index (χ0) is 18.5. The fourth-order valence-corrected chi connectivity index (χ4v) is 3.82. The van der Waals surface area contributed by atoms with Gasteiger partial charge in [-0.2, -0.15) is 5.26 Å². The number of carbonyl (C=O) groups is 1. The molecule has 0 fully saturated rings. The van der Waals surface area contributed by atoms with Gasteiger partial charge in [0.05, 0.1) is 33.8 Å². The Bertz CT molecular complexity index is 958. The van der Waals surface area contributed by atoms with Gasteiger partial charge in [-0.25, -0.2) is 4.98 Å². The minimum atomic E-state index is -0.378. The van der Waals surface area contributed by atoms with E-state index in [1.165, 1.54) is 11.3 Å². The molecule has 0 N–H and O–H groups in total. The van der Waals surface area contributed by atoms with Crippen molar-refractivity contribution in [2.75, 3.05) is 0 Å². The maximum atomic E-state index is 12.0. The molecule has 0 radical (unpaired) electrons. The van der Waals surface area contributed by atoms with Gasteiger partial charge in [-0.3, -0.25) is 4.79 Å². The van der Waals surface area contributed by atoms with Gasteiger partial charge in [-0.15, -0.1) is 11.3 Å². The van der Waals surface area contributed by atoms with Crippen LogP contribution in [0.5, 0.6) is 0 Å². The van der Waals surface area contributed by atoms with Crippen LogP contribution in [-0.2, 0) is 22.6 Å². The molecule has 3 aromatic rings. The van der Waals surface area contributed by atoms with Crippen LogP contribution in [-0.4, -0.2) is 11.0 Å². The van der Waals surface area contributed by atoms with E-state index in [9.17, 15) is 4.79 Å². The first-order valence-electron chi connectivity index (χ1n) is 7.60. The molecule has 1 aromatic heterocycles. The number of rotatable bonds is 5. The van der Waals surface area contributed by atoms with E-state index in [-0.39, 0.29) is 19.0 Å². The third kappa shape index (κ3) is 4.41. The standard InChI is InChI=1S/C19H12Cl2N2O2S/c20-15-2-1-3-16(21)18(15)19-23-14(11-26-19)8-17(24)25-10-13-6-4-12(9-22)5-7-13/h1-7,11H,8,10H2. The Morgan fingerprint density at radius 3 is 2.50 bits per heavy atom. The number of carbonyl (C=O) groups excluding carboxylic acids is 1. The summed E-state index contributed by atoms with van der Waals surface area (Å²) >= 11 is 13.8. The lowest BCUT2D eigenvalue weighted by molar-refractivity contribution is -0.144. The summed E-state index contributed by atoms with van der Waals surface area (Å²) in [6, 6.07) is 14.2. The fraction of sp³-hybridized carbons (Fsp3) is 0.105. The molecule has 26 heavy (non-hydrogen) atoms. The smallest absolute Gasteiger partial charge is 0.312 e. The van der Waals surface area contributed by atoms with Gasteiger partial charge in [0.25, 0.3) is 0 Å². The van der Waals surface area contributed by atoms with E-state index < -0.39 is 0 Å². The normalized spacial score (nSPS) is 10.3. The first-order chi connectivity index (χ1) is 12.6. The number of hydrogen-bond donors (Lipinski definition) is 0. The number of esters is 1. The zero-order valence-electron chi connectivity index (χ0n) is 13.4. The number of aromatic nitrogens is 1. The third-order valence-electron chi connectivity index (χ3n) is 3.54. The summed E-state index contributed by atoms with van der Waals surface area (Å²) in [4.78, 5) is 16.5. The van der Waals surface area contributed by atoms with Crippen LogP contribution in [0, 0.1) is 11.3 Å². The van der Waals surface area contributed by atoms with Gasteiger partial charge in [0.2, 0.25) is 0 Å². The lowest BCUT2D eigenvalue weighted by Gasteiger charge is -2.04. The third-order valence-corrected chi connectivity index (χ3v) is 5.08. The van der Waals surface area contributed by atoms with Crippen LogP contribution in [0.15, 0.2) is 47.8 Å². The highest BCUT2D eigenvalue weighted by Crippen LogP contribution is 2.36. The topological polar surface area (TPSA) is 63.0 Å². The van der Waals surface area contributed by atoms with E-state index >= 15 is 0 Å². The van der Waals surface area contributed by atoms with Crippen molar-refractivity contribution in [2.45, 2.75) is 13.0 Å². The molecule has 0 spiro atoms. The zero-order valence-corrected chi connectivity index (χ0v) is 15.7. The van der Waals surface area contributed by atoms with Crippen LogP contribution in [0.3, 0.4) is 0 Å². The van der Waals surface area contributed by atoms with Gasteiger partial charge in [0, 0.05) is 10.9 Å². The summed E-state index contributed by atoms with van der Waals surface area (Å²) in [5, 5.41) is 12.3. The molecule has 0 saturated carbocycles. The molecular weight excluding hydrogens is 391 g/mol. The van der Waals surface area contributed by atoms with Crippen LogP contribution >= 0.6 is 34.5 Å². The van der Waals surface area contributed by atoms with Gasteiger partial charge in [0.15, 0.2) is 0 Å². The Hall–Kier alpha value is -2.39. The first kappa shape index (κ1) is 18.4. The van der Waals surface area contributed by atoms with E-state index in [1.807, 2.05) is 6.07 Å². The molecule has 0 atom stereocenters. The van der Waals surface area contributed by atoms with Crippen LogP contribution in [0.25, 0.3) is 10.6 Å². The van der Waals surface area contributed by atoms with Gasteiger partial charge >= 0.3 is 5.97 Å². The number of nitrogens with zero attached hydrogens (tertiary/aromatic N) is 2. The quantitative estimate of drug-likeness (QED) is 0.544. The molecule has 0 bridgehead atoms. The summed E-state index contributed by atoms with van der Waals surface area (Å²) in [6.45, 7) is 0.151. The maximum Gasteiger partial charge on any atom is 0.312 e. The Morgan fingerprint density at radius 2 is 1.85 bits per heavy atom. The number of hydrogen-bond acceptors (Lipinski definition) is 5. The van der Waals surface area contributed by atoms with E-state index in [2.05, 4.69) is 4.98 Å². The van der Waals surface area contributed by atoms with Crippen molar-refractivity contribution < 1.29 is 9.53 Å². The number of ether oxygens (including phenoxy) is 1. The van der Waals surface area contributed by atoms with E-state index in [1.54, 1.807) is 47.8 Å². The van der Waals surface area contributed by atoms with Gasteiger partial charge in [-0.05, 0) is 29.8 Å². The van der Waals surface area contributed by atoms with E-state index in [4.69, 9.17) is 33.2 Å². The van der Waals surface area contributed by atoms with Crippen molar-refractivity contribution in [2.24, 2.45) is 0 Å². The summed E-state index contributed by atoms with van der Waals surface area (Å²) in [7, 11) is 0. The molecule has 3 rings (SSSR count). The molecule has 0 saturated heterocycles. The highest BCUT2D eigenvalue weighted by Gasteiger charge is 2.14. The predicted molar refractivity (Wildman–Crippen MR) is 102 cm³/mol. The van der Waals surface area contributed by atoms with E-state index in [0.717, 1.165) is 5.56 Å². The molecule has 0 amide bonds. The van der Waals surface area contributed by atoms with E-state index in [0.29, 0.717) is 31.9 Å². The van der Waals surface area contributed by atoms with Crippen molar-refractivity contribution in [3.63, 3.8) is 0 Å². The largest absolute Gasteiger partial charge is 0.461 e. The van der Waals surface area contributed by atoms with Gasteiger partial charge in [0.1, 0.15) is 11.6 Å². The molecule has 0 aliphatic heterocycles. The SMILES string of the molecule is N#Cc1ccc(COC(=O)Cc2csc(-c3c(Cl)cccc3Cl)n2)cc1. The van der Waals surface area contributed by atoms with Crippen LogP contribution in [0.1, 0.15) is 16.8 Å². The monoisotopic (exact) mass is 402 g/mol. The molecule has 0 unspecified atom stereocenters. The maximum absolute atomic E-state index is 12.0. The lowest BCUT2D eigenvalue weighted by atomic mass is 10.2. The molecule has 0 aliphatic rings. The second-order valence-corrected chi connectivity index (χ2v) is 7.06. The average Bonchev–Trinajstić information content (AvgIpc) is 3.08. The van der Waals surface area contributed by atoms with Crippen LogP contribution in [0.2, 0.25) is 10.0 Å². The van der Waals surface area contributed by atoms with Crippen molar-refractivity contribution in [3.8, 4) is 16.6 Å². The highest BCUT2D eigenvalue weighted by atomic mass is 35.5. The Morgan fingerprint density at radius 1 is 1.15 bits per heavy atom. The van der Waals surface area contributed by atoms with Crippen molar-refractivity contribution in [1.29, 1.82) is 5.26 Å². The fourth-order valence-electron chi connectivity index (χ4n) is 2.24. The Balaban J connectivity index is 1.62. The van der Waals surface area contributed by atoms with Crippen molar-refractivity contribution in [3.05, 3.63) is 74.7 Å². The van der Waals surface area contributed by atoms with Crippen LogP contribution < -0.4 is 0 Å². The second kappa shape index (κ2) is 8.33. The summed E-state index contributed by atoms with van der Waals surface area (Å²) in [5.74, 6) is -0.378. The first-order valence-corrected chi connectivity index (χ1v) is 9.24. The lowest BCUT2D eigenvalue weighted by Crippen LogP contribution is -2.08. The van der Waals surface area contributed by atoms with Crippen LogP contribution in [0.4, 0.5) is 0 Å². The Labute approximate surface area is 164 Å². The molecule has 130 valence electrons. The number of nitriles is 1. The molecular formula is C19H12Cl2N2O2S. The van der Waals surface area contributed by atoms with Gasteiger partial charge < -0.3 is 4.74 Å². The minimum Gasteiger partial charge on any atom is -0.461 e. The second-order valence-electron chi connectivity index (χ2n) is 5.39. The Kier molecular flexibility index (Phi) is 5.89. The summed E-state index contributed by atoms with van der Waals surface area (Å²) in [5.41, 5.74) is 2.65.